The second kappa shape index (κ2) is 4.95. The van der Waals surface area contributed by atoms with Gasteiger partial charge in [0, 0.05) is 5.92 Å². The molecule has 3 rings (SSSR count). The fourth-order valence-electron chi connectivity index (χ4n) is 2.82. The van der Waals surface area contributed by atoms with Crippen LogP contribution in [0.4, 0.5) is 17.5 Å². The summed E-state index contributed by atoms with van der Waals surface area (Å²) in [6.45, 7) is 2.68. The molecule has 4 N–H and O–H groups in total. The first-order valence-electron chi connectivity index (χ1n) is 6.62. The summed E-state index contributed by atoms with van der Waals surface area (Å²) in [7, 11) is 1.54. The number of rotatable bonds is 3. The van der Waals surface area contributed by atoms with Gasteiger partial charge in [-0.2, -0.15) is 9.97 Å². The van der Waals surface area contributed by atoms with E-state index in [0.29, 0.717) is 24.3 Å². The molecule has 1 saturated heterocycles. The number of ether oxygens (including phenoxy) is 2. The van der Waals surface area contributed by atoms with Crippen LogP contribution in [0.2, 0.25) is 0 Å². The van der Waals surface area contributed by atoms with Gasteiger partial charge in [0.1, 0.15) is 11.9 Å². The van der Waals surface area contributed by atoms with E-state index >= 15 is 0 Å². The van der Waals surface area contributed by atoms with E-state index in [9.17, 15) is 5.11 Å². The smallest absolute Gasteiger partial charge is 0.244 e. The molecule has 0 spiro atoms. The summed E-state index contributed by atoms with van der Waals surface area (Å²) < 4.78 is 11.1. The van der Waals surface area contributed by atoms with Crippen LogP contribution in [-0.2, 0) is 4.74 Å². The Balaban J connectivity index is 1.91. The molecular weight excluding hydrogens is 262 g/mol. The minimum Gasteiger partial charge on any atom is -0.479 e. The molecule has 2 aliphatic heterocycles. The molecule has 0 radical (unpaired) electrons. The van der Waals surface area contributed by atoms with Crippen LogP contribution in [0.5, 0.6) is 5.88 Å². The molecule has 0 bridgehead atoms. The van der Waals surface area contributed by atoms with Gasteiger partial charge in [0.15, 0.2) is 5.82 Å². The van der Waals surface area contributed by atoms with Gasteiger partial charge in [0.2, 0.25) is 11.8 Å². The minimum absolute atomic E-state index is 0.0319. The van der Waals surface area contributed by atoms with E-state index in [1.54, 1.807) is 7.11 Å². The zero-order valence-electron chi connectivity index (χ0n) is 11.5. The molecule has 1 aromatic rings. The highest BCUT2D eigenvalue weighted by molar-refractivity contribution is 5.76. The maximum Gasteiger partial charge on any atom is 0.244 e. The molecule has 2 unspecified atom stereocenters. The molecule has 20 heavy (non-hydrogen) atoms. The number of aliphatic hydroxyl groups is 1. The lowest BCUT2D eigenvalue weighted by atomic mass is 10.1. The fraction of sp³-hybridized carbons (Fsp3) is 0.667. The predicted octanol–water partition coefficient (Wildman–Crippen LogP) is 0.000200. The zero-order valence-corrected chi connectivity index (χ0v) is 11.5. The standard InChI is InChI=1S/C12H19N5O3/c1-6-3-7(4-18)20-11(6)17-5-14-8-9(17)15-12(13)16-10(8)19-2/h6-7,11,14,18H,3-5H2,1-2H3,(H2,13,15,16)/t6-,7?,11?/m0/s1. The fourth-order valence-corrected chi connectivity index (χ4v) is 2.82. The second-order valence-corrected chi connectivity index (χ2v) is 5.14. The molecule has 1 fully saturated rings. The highest BCUT2D eigenvalue weighted by Gasteiger charge is 2.40. The van der Waals surface area contributed by atoms with Gasteiger partial charge in [0.05, 0.1) is 26.5 Å². The van der Waals surface area contributed by atoms with Gasteiger partial charge >= 0.3 is 0 Å². The van der Waals surface area contributed by atoms with E-state index in [-0.39, 0.29) is 24.9 Å². The SMILES string of the molecule is COc1nc(N)nc2c1NCN2C1OC(CO)C[C@@H]1C. The van der Waals surface area contributed by atoms with Gasteiger partial charge in [-0.1, -0.05) is 6.92 Å². The van der Waals surface area contributed by atoms with Crippen molar-refractivity contribution < 1.29 is 14.6 Å². The van der Waals surface area contributed by atoms with Crippen LogP contribution in [0.3, 0.4) is 0 Å². The number of nitrogens with zero attached hydrogens (tertiary/aromatic N) is 3. The van der Waals surface area contributed by atoms with E-state index in [1.165, 1.54) is 0 Å². The third-order valence-electron chi connectivity index (χ3n) is 3.73. The first-order valence-corrected chi connectivity index (χ1v) is 6.62. The number of anilines is 3. The predicted molar refractivity (Wildman–Crippen MR) is 73.5 cm³/mol. The van der Waals surface area contributed by atoms with Gasteiger partial charge in [-0.05, 0) is 6.42 Å². The van der Waals surface area contributed by atoms with Crippen molar-refractivity contribution in [2.24, 2.45) is 5.92 Å². The lowest BCUT2D eigenvalue weighted by molar-refractivity contribution is 0.00585. The van der Waals surface area contributed by atoms with Crippen LogP contribution < -0.4 is 20.7 Å². The lowest BCUT2D eigenvalue weighted by Gasteiger charge is -2.27. The molecule has 0 aliphatic carbocycles. The normalized spacial score (nSPS) is 28.4. The van der Waals surface area contributed by atoms with Crippen molar-refractivity contribution in [2.75, 3.05) is 36.3 Å². The number of nitrogens with two attached hydrogens (primary N) is 1. The summed E-state index contributed by atoms with van der Waals surface area (Å²) in [5.74, 6) is 1.57. The van der Waals surface area contributed by atoms with E-state index in [2.05, 4.69) is 22.2 Å². The Kier molecular flexibility index (Phi) is 3.27. The molecular formula is C12H19N5O3. The third-order valence-corrected chi connectivity index (χ3v) is 3.73. The molecule has 8 nitrogen and oxygen atoms in total. The molecule has 2 aliphatic rings. The number of aliphatic hydroxyl groups excluding tert-OH is 1. The van der Waals surface area contributed by atoms with Gasteiger partial charge < -0.3 is 30.5 Å². The van der Waals surface area contributed by atoms with Crippen molar-refractivity contribution in [1.82, 2.24) is 9.97 Å². The number of fused-ring (bicyclic) bond motifs is 1. The van der Waals surface area contributed by atoms with Crippen LogP contribution in [0, 0.1) is 5.92 Å². The van der Waals surface area contributed by atoms with E-state index in [4.69, 9.17) is 15.2 Å². The number of nitrogens with one attached hydrogen (secondary N) is 1. The van der Waals surface area contributed by atoms with Crippen LogP contribution in [0.15, 0.2) is 0 Å². The van der Waals surface area contributed by atoms with Crippen molar-refractivity contribution in [3.8, 4) is 5.88 Å². The Morgan fingerprint density at radius 2 is 2.35 bits per heavy atom. The zero-order chi connectivity index (χ0) is 14.3. The monoisotopic (exact) mass is 281 g/mol. The largest absolute Gasteiger partial charge is 0.479 e. The molecule has 1 aromatic heterocycles. The molecule has 0 saturated carbocycles. The summed E-state index contributed by atoms with van der Waals surface area (Å²) >= 11 is 0. The minimum atomic E-state index is -0.139. The number of nitrogen functional groups attached to an aromatic ring is 1. The van der Waals surface area contributed by atoms with Crippen molar-refractivity contribution in [1.29, 1.82) is 0 Å². The van der Waals surface area contributed by atoms with Gasteiger partial charge in [-0.3, -0.25) is 0 Å². The maximum atomic E-state index is 9.24. The summed E-state index contributed by atoms with van der Waals surface area (Å²) in [4.78, 5) is 10.3. The van der Waals surface area contributed by atoms with Crippen LogP contribution in [0.25, 0.3) is 0 Å². The Hall–Kier alpha value is -1.80. The van der Waals surface area contributed by atoms with E-state index in [0.717, 1.165) is 12.1 Å². The lowest BCUT2D eigenvalue weighted by Crippen LogP contribution is -2.39. The van der Waals surface area contributed by atoms with E-state index < -0.39 is 0 Å². The first kappa shape index (κ1) is 13.2. The summed E-state index contributed by atoms with van der Waals surface area (Å²) in [6.07, 6.45) is 0.560. The Bertz CT molecular complexity index is 512. The van der Waals surface area contributed by atoms with Crippen LogP contribution >= 0.6 is 0 Å². The Labute approximate surface area is 116 Å². The molecule has 0 amide bonds. The molecule has 3 atom stereocenters. The van der Waals surface area contributed by atoms with Gasteiger partial charge in [0.25, 0.3) is 0 Å². The van der Waals surface area contributed by atoms with Crippen molar-refractivity contribution in [3.63, 3.8) is 0 Å². The van der Waals surface area contributed by atoms with Crippen molar-refractivity contribution >= 4 is 17.5 Å². The average Bonchev–Trinajstić information content (AvgIpc) is 3.00. The highest BCUT2D eigenvalue weighted by atomic mass is 16.5. The molecule has 110 valence electrons. The Morgan fingerprint density at radius 1 is 1.55 bits per heavy atom. The molecule has 3 heterocycles. The first-order chi connectivity index (χ1) is 9.63. The van der Waals surface area contributed by atoms with Crippen LogP contribution in [-0.4, -0.2) is 47.8 Å². The van der Waals surface area contributed by atoms with Crippen LogP contribution in [0.1, 0.15) is 13.3 Å². The second-order valence-electron chi connectivity index (χ2n) is 5.14. The summed E-state index contributed by atoms with van der Waals surface area (Å²) in [6, 6.07) is 0. The Morgan fingerprint density at radius 3 is 3.00 bits per heavy atom. The highest BCUT2D eigenvalue weighted by Crippen LogP contribution is 2.41. The summed E-state index contributed by atoms with van der Waals surface area (Å²) in [5, 5.41) is 12.4. The van der Waals surface area contributed by atoms with Gasteiger partial charge in [-0.15, -0.1) is 0 Å². The summed E-state index contributed by atoms with van der Waals surface area (Å²) in [5.41, 5.74) is 6.45. The number of methoxy groups -OCH3 is 1. The average molecular weight is 281 g/mol. The number of hydrogen-bond acceptors (Lipinski definition) is 8. The third kappa shape index (κ3) is 2.01. The molecule has 0 aromatic carbocycles. The number of hydrogen-bond donors (Lipinski definition) is 3. The van der Waals surface area contributed by atoms with Crippen molar-refractivity contribution in [2.45, 2.75) is 25.7 Å². The van der Waals surface area contributed by atoms with Gasteiger partial charge in [-0.25, -0.2) is 0 Å². The molecule has 8 heteroatoms. The maximum absolute atomic E-state index is 9.24. The number of aromatic nitrogens is 2. The quantitative estimate of drug-likeness (QED) is 0.711. The van der Waals surface area contributed by atoms with Crippen molar-refractivity contribution in [3.05, 3.63) is 0 Å². The van der Waals surface area contributed by atoms with E-state index in [1.807, 2.05) is 4.90 Å². The topological polar surface area (TPSA) is 106 Å².